The third-order valence-electron chi connectivity index (χ3n) is 5.51. The van der Waals surface area contributed by atoms with Crippen LogP contribution in [-0.2, 0) is 4.79 Å². The van der Waals surface area contributed by atoms with Gasteiger partial charge in [-0.15, -0.1) is 0 Å². The Balaban J connectivity index is 1.54. The van der Waals surface area contributed by atoms with Crippen molar-refractivity contribution in [1.82, 2.24) is 9.80 Å². The van der Waals surface area contributed by atoms with Crippen LogP contribution in [0.2, 0.25) is 0 Å². The molecule has 0 spiro atoms. The number of benzene rings is 1. The SMILES string of the molecule is COc1cc(/C=C\C(=O)N2CCN(C3CCCCC3)CC2)cc(OC)c1. The molecule has 1 saturated carbocycles. The minimum absolute atomic E-state index is 0.0788. The molecule has 0 radical (unpaired) electrons. The molecular weight excluding hydrogens is 328 g/mol. The van der Waals surface area contributed by atoms with Crippen LogP contribution in [0.25, 0.3) is 6.08 Å². The number of hydrogen-bond acceptors (Lipinski definition) is 4. The van der Waals surface area contributed by atoms with Crippen LogP contribution in [0.15, 0.2) is 24.3 Å². The molecule has 2 aliphatic rings. The number of amides is 1. The predicted molar refractivity (Wildman–Crippen MR) is 104 cm³/mol. The first-order valence-corrected chi connectivity index (χ1v) is 9.63. The number of piperazine rings is 1. The third kappa shape index (κ3) is 4.79. The highest BCUT2D eigenvalue weighted by atomic mass is 16.5. The van der Waals surface area contributed by atoms with Crippen molar-refractivity contribution >= 4 is 12.0 Å². The van der Waals surface area contributed by atoms with Crippen molar-refractivity contribution in [2.75, 3.05) is 40.4 Å². The second kappa shape index (κ2) is 9.08. The van der Waals surface area contributed by atoms with Crippen molar-refractivity contribution in [3.05, 3.63) is 29.8 Å². The maximum Gasteiger partial charge on any atom is 0.246 e. The number of hydrogen-bond donors (Lipinski definition) is 0. The smallest absolute Gasteiger partial charge is 0.246 e. The molecule has 0 bridgehead atoms. The van der Waals surface area contributed by atoms with E-state index >= 15 is 0 Å². The van der Waals surface area contributed by atoms with Crippen LogP contribution in [0.3, 0.4) is 0 Å². The van der Waals surface area contributed by atoms with Gasteiger partial charge in [0.15, 0.2) is 0 Å². The van der Waals surface area contributed by atoms with E-state index in [9.17, 15) is 4.79 Å². The zero-order chi connectivity index (χ0) is 18.4. The lowest BCUT2D eigenvalue weighted by Crippen LogP contribution is -2.52. The molecule has 1 aliphatic heterocycles. The fourth-order valence-corrected chi connectivity index (χ4v) is 3.95. The largest absolute Gasteiger partial charge is 0.497 e. The first-order valence-electron chi connectivity index (χ1n) is 9.63. The molecule has 1 saturated heterocycles. The van der Waals surface area contributed by atoms with Gasteiger partial charge in [0.2, 0.25) is 5.91 Å². The van der Waals surface area contributed by atoms with Gasteiger partial charge in [-0.05, 0) is 36.6 Å². The highest BCUT2D eigenvalue weighted by Gasteiger charge is 2.26. The number of ether oxygens (including phenoxy) is 2. The van der Waals surface area contributed by atoms with E-state index in [2.05, 4.69) is 4.90 Å². The summed E-state index contributed by atoms with van der Waals surface area (Å²) in [5, 5.41) is 0. The first kappa shape index (κ1) is 18.8. The zero-order valence-electron chi connectivity index (χ0n) is 15.9. The van der Waals surface area contributed by atoms with E-state index in [-0.39, 0.29) is 5.91 Å². The molecule has 1 heterocycles. The highest BCUT2D eigenvalue weighted by molar-refractivity contribution is 5.92. The number of carbonyl (C=O) groups is 1. The van der Waals surface area contributed by atoms with Gasteiger partial charge in [0.05, 0.1) is 14.2 Å². The molecule has 0 N–H and O–H groups in total. The van der Waals surface area contributed by atoms with Crippen molar-refractivity contribution < 1.29 is 14.3 Å². The Labute approximate surface area is 156 Å². The topological polar surface area (TPSA) is 42.0 Å². The predicted octanol–water partition coefficient (Wildman–Crippen LogP) is 3.19. The van der Waals surface area contributed by atoms with Crippen LogP contribution in [-0.4, -0.2) is 62.1 Å². The molecule has 5 heteroatoms. The van der Waals surface area contributed by atoms with E-state index in [1.54, 1.807) is 20.3 Å². The van der Waals surface area contributed by atoms with Crippen LogP contribution in [0.5, 0.6) is 11.5 Å². The van der Waals surface area contributed by atoms with E-state index < -0.39 is 0 Å². The van der Waals surface area contributed by atoms with Crippen LogP contribution in [0.4, 0.5) is 0 Å². The van der Waals surface area contributed by atoms with Crippen LogP contribution < -0.4 is 9.47 Å². The number of methoxy groups -OCH3 is 2. The summed E-state index contributed by atoms with van der Waals surface area (Å²) >= 11 is 0. The molecule has 0 atom stereocenters. The lowest BCUT2D eigenvalue weighted by molar-refractivity contribution is -0.128. The van der Waals surface area contributed by atoms with Gasteiger partial charge in [-0.25, -0.2) is 0 Å². The van der Waals surface area contributed by atoms with Crippen molar-refractivity contribution in [2.24, 2.45) is 0 Å². The average Bonchev–Trinajstić information content (AvgIpc) is 2.72. The summed E-state index contributed by atoms with van der Waals surface area (Å²) in [6, 6.07) is 6.35. The monoisotopic (exact) mass is 358 g/mol. The molecule has 142 valence electrons. The van der Waals surface area contributed by atoms with E-state index in [0.717, 1.165) is 49.3 Å². The number of carbonyl (C=O) groups excluding carboxylic acids is 1. The molecule has 1 aromatic carbocycles. The standard InChI is InChI=1S/C21H30N2O3/c1-25-19-14-17(15-20(16-19)26-2)8-9-21(24)23-12-10-22(11-13-23)18-6-4-3-5-7-18/h8-9,14-16,18H,3-7,10-13H2,1-2H3/b9-8-. The van der Waals surface area contributed by atoms with Gasteiger partial charge in [-0.3, -0.25) is 9.69 Å². The van der Waals surface area contributed by atoms with Gasteiger partial charge >= 0.3 is 0 Å². The highest BCUT2D eigenvalue weighted by Crippen LogP contribution is 2.24. The number of nitrogens with zero attached hydrogens (tertiary/aromatic N) is 2. The maximum atomic E-state index is 12.5. The quantitative estimate of drug-likeness (QED) is 0.758. The third-order valence-corrected chi connectivity index (χ3v) is 5.51. The molecule has 26 heavy (non-hydrogen) atoms. The Morgan fingerprint density at radius 1 is 0.962 bits per heavy atom. The Bertz CT molecular complexity index is 608. The molecule has 0 unspecified atom stereocenters. The molecule has 1 aliphatic carbocycles. The van der Waals surface area contributed by atoms with E-state index in [1.807, 2.05) is 29.2 Å². The van der Waals surface area contributed by atoms with Crippen LogP contribution in [0.1, 0.15) is 37.7 Å². The summed E-state index contributed by atoms with van der Waals surface area (Å²) in [5.74, 6) is 1.52. The summed E-state index contributed by atoms with van der Waals surface area (Å²) in [5.41, 5.74) is 0.899. The molecule has 1 aromatic rings. The van der Waals surface area contributed by atoms with Gasteiger partial charge in [-0.2, -0.15) is 0 Å². The maximum absolute atomic E-state index is 12.5. The van der Waals surface area contributed by atoms with Gasteiger partial charge in [-0.1, -0.05) is 19.3 Å². The van der Waals surface area contributed by atoms with Crippen molar-refractivity contribution in [1.29, 1.82) is 0 Å². The molecule has 0 aromatic heterocycles. The summed E-state index contributed by atoms with van der Waals surface area (Å²) in [6.45, 7) is 3.64. The normalized spacial score (nSPS) is 19.7. The van der Waals surface area contributed by atoms with Gasteiger partial charge in [0.25, 0.3) is 0 Å². The van der Waals surface area contributed by atoms with E-state index in [1.165, 1.54) is 32.1 Å². The van der Waals surface area contributed by atoms with Crippen molar-refractivity contribution in [2.45, 2.75) is 38.1 Å². The van der Waals surface area contributed by atoms with Gasteiger partial charge in [0, 0.05) is 44.4 Å². The van der Waals surface area contributed by atoms with Gasteiger partial charge < -0.3 is 14.4 Å². The van der Waals surface area contributed by atoms with Crippen LogP contribution >= 0.6 is 0 Å². The Morgan fingerprint density at radius 2 is 1.58 bits per heavy atom. The van der Waals surface area contributed by atoms with E-state index in [0.29, 0.717) is 0 Å². The zero-order valence-corrected chi connectivity index (χ0v) is 15.9. The van der Waals surface area contributed by atoms with E-state index in [4.69, 9.17) is 9.47 Å². The fourth-order valence-electron chi connectivity index (χ4n) is 3.95. The van der Waals surface area contributed by atoms with Crippen LogP contribution in [0, 0.1) is 0 Å². The molecule has 2 fully saturated rings. The molecule has 3 rings (SSSR count). The Kier molecular flexibility index (Phi) is 6.56. The summed E-state index contributed by atoms with van der Waals surface area (Å²) in [7, 11) is 3.25. The van der Waals surface area contributed by atoms with Crippen molar-refractivity contribution in [3.63, 3.8) is 0 Å². The lowest BCUT2D eigenvalue weighted by atomic mass is 9.94. The minimum Gasteiger partial charge on any atom is -0.497 e. The molecular formula is C21H30N2O3. The minimum atomic E-state index is 0.0788. The first-order chi connectivity index (χ1) is 12.7. The summed E-state index contributed by atoms with van der Waals surface area (Å²) < 4.78 is 10.6. The van der Waals surface area contributed by atoms with Crippen molar-refractivity contribution in [3.8, 4) is 11.5 Å². The Hall–Kier alpha value is -2.01. The van der Waals surface area contributed by atoms with Gasteiger partial charge in [0.1, 0.15) is 11.5 Å². The second-order valence-electron chi connectivity index (χ2n) is 7.13. The second-order valence-corrected chi connectivity index (χ2v) is 7.13. The number of rotatable bonds is 5. The molecule has 5 nitrogen and oxygen atoms in total. The molecule has 1 amide bonds. The average molecular weight is 358 g/mol. The lowest BCUT2D eigenvalue weighted by Gasteiger charge is -2.40. The summed E-state index contributed by atoms with van der Waals surface area (Å²) in [6.07, 6.45) is 10.2. The Morgan fingerprint density at radius 3 is 2.15 bits per heavy atom. The fraction of sp³-hybridized carbons (Fsp3) is 0.571. The summed E-state index contributed by atoms with van der Waals surface area (Å²) in [4.78, 5) is 17.1.